The van der Waals surface area contributed by atoms with Crippen molar-refractivity contribution in [2.75, 3.05) is 33.9 Å². The van der Waals surface area contributed by atoms with Gasteiger partial charge in [-0.15, -0.1) is 0 Å². The van der Waals surface area contributed by atoms with E-state index in [1.54, 1.807) is 14.2 Å². The first-order valence-electron chi connectivity index (χ1n) is 7.84. The third-order valence-electron chi connectivity index (χ3n) is 4.31. The van der Waals surface area contributed by atoms with E-state index in [1.165, 1.54) is 12.0 Å². The first-order valence-corrected chi connectivity index (χ1v) is 7.84. The molecule has 4 nitrogen and oxygen atoms in total. The van der Waals surface area contributed by atoms with Gasteiger partial charge in [-0.05, 0) is 43.1 Å². The number of likely N-dealkylation sites (tertiary alicyclic amines) is 1. The van der Waals surface area contributed by atoms with Crippen LogP contribution in [0.15, 0.2) is 18.2 Å². The minimum atomic E-state index is 0.664. The third-order valence-corrected chi connectivity index (χ3v) is 4.31. The van der Waals surface area contributed by atoms with E-state index in [0.29, 0.717) is 12.0 Å². The number of ether oxygens (including phenoxy) is 2. The Morgan fingerprint density at radius 2 is 2.00 bits per heavy atom. The number of benzene rings is 1. The molecule has 1 heterocycles. The molecule has 1 fully saturated rings. The van der Waals surface area contributed by atoms with Crippen LogP contribution in [0.25, 0.3) is 0 Å². The second-order valence-corrected chi connectivity index (χ2v) is 5.85. The summed E-state index contributed by atoms with van der Waals surface area (Å²) in [5.41, 5.74) is 1.28. The summed E-state index contributed by atoms with van der Waals surface area (Å²) in [6, 6.07) is 6.86. The third kappa shape index (κ3) is 4.11. The van der Waals surface area contributed by atoms with Crippen molar-refractivity contribution in [3.05, 3.63) is 23.8 Å². The first-order chi connectivity index (χ1) is 10.2. The highest BCUT2D eigenvalue weighted by Crippen LogP contribution is 2.28. The van der Waals surface area contributed by atoms with Gasteiger partial charge in [0.25, 0.3) is 0 Å². The Morgan fingerprint density at radius 1 is 1.24 bits per heavy atom. The molecule has 0 amide bonds. The molecule has 0 radical (unpaired) electrons. The van der Waals surface area contributed by atoms with Gasteiger partial charge < -0.3 is 14.8 Å². The quantitative estimate of drug-likeness (QED) is 0.873. The molecule has 4 heteroatoms. The molecule has 2 unspecified atom stereocenters. The SMILES string of the molecule is CCNC1CCN(Cc2ccc(OC)c(OC)c2)CC1C. The Balaban J connectivity index is 1.96. The molecule has 1 aromatic carbocycles. The summed E-state index contributed by atoms with van der Waals surface area (Å²) < 4.78 is 10.7. The molecular weight excluding hydrogens is 264 g/mol. The van der Waals surface area contributed by atoms with Crippen molar-refractivity contribution in [3.8, 4) is 11.5 Å². The van der Waals surface area contributed by atoms with Crippen LogP contribution in [0.5, 0.6) is 11.5 Å². The minimum Gasteiger partial charge on any atom is -0.493 e. The fourth-order valence-corrected chi connectivity index (χ4v) is 3.18. The average molecular weight is 292 g/mol. The molecule has 0 aliphatic carbocycles. The topological polar surface area (TPSA) is 33.7 Å². The monoisotopic (exact) mass is 292 g/mol. The first kappa shape index (κ1) is 16.1. The maximum atomic E-state index is 5.38. The smallest absolute Gasteiger partial charge is 0.161 e. The number of methoxy groups -OCH3 is 2. The summed E-state index contributed by atoms with van der Waals surface area (Å²) in [5, 5.41) is 3.59. The normalized spacial score (nSPS) is 23.0. The highest BCUT2D eigenvalue weighted by molar-refractivity contribution is 5.42. The van der Waals surface area contributed by atoms with Gasteiger partial charge in [0.1, 0.15) is 0 Å². The molecule has 1 N–H and O–H groups in total. The Kier molecular flexibility index (Phi) is 5.88. The van der Waals surface area contributed by atoms with Crippen LogP contribution in [0.4, 0.5) is 0 Å². The molecule has 21 heavy (non-hydrogen) atoms. The molecule has 1 saturated heterocycles. The molecule has 0 bridgehead atoms. The molecule has 2 rings (SSSR count). The molecule has 1 aliphatic rings. The van der Waals surface area contributed by atoms with E-state index in [2.05, 4.69) is 36.2 Å². The average Bonchev–Trinajstić information content (AvgIpc) is 2.50. The van der Waals surface area contributed by atoms with Gasteiger partial charge in [0, 0.05) is 19.1 Å². The number of nitrogens with one attached hydrogen (secondary N) is 1. The molecule has 118 valence electrons. The van der Waals surface area contributed by atoms with Gasteiger partial charge in [-0.25, -0.2) is 0 Å². The fourth-order valence-electron chi connectivity index (χ4n) is 3.18. The second kappa shape index (κ2) is 7.66. The van der Waals surface area contributed by atoms with Crippen LogP contribution < -0.4 is 14.8 Å². The number of hydrogen-bond donors (Lipinski definition) is 1. The summed E-state index contributed by atoms with van der Waals surface area (Å²) in [7, 11) is 3.36. The summed E-state index contributed by atoms with van der Waals surface area (Å²) in [4.78, 5) is 2.53. The van der Waals surface area contributed by atoms with Gasteiger partial charge in [0.15, 0.2) is 11.5 Å². The Bertz CT molecular complexity index is 450. The maximum Gasteiger partial charge on any atom is 0.161 e. The number of piperidine rings is 1. The van der Waals surface area contributed by atoms with Crippen LogP contribution in [0.1, 0.15) is 25.8 Å². The molecular formula is C17H28N2O2. The Hall–Kier alpha value is -1.26. The summed E-state index contributed by atoms with van der Waals surface area (Å²) in [6.45, 7) is 8.85. The zero-order valence-corrected chi connectivity index (χ0v) is 13.7. The largest absolute Gasteiger partial charge is 0.493 e. The molecule has 0 aromatic heterocycles. The van der Waals surface area contributed by atoms with E-state index < -0.39 is 0 Å². The van der Waals surface area contributed by atoms with E-state index >= 15 is 0 Å². The van der Waals surface area contributed by atoms with Crippen molar-refractivity contribution in [1.82, 2.24) is 10.2 Å². The number of hydrogen-bond acceptors (Lipinski definition) is 4. The molecule has 1 aromatic rings. The minimum absolute atomic E-state index is 0.664. The Morgan fingerprint density at radius 3 is 2.62 bits per heavy atom. The lowest BCUT2D eigenvalue weighted by Gasteiger charge is -2.37. The highest BCUT2D eigenvalue weighted by atomic mass is 16.5. The fraction of sp³-hybridized carbons (Fsp3) is 0.647. The van der Waals surface area contributed by atoms with E-state index in [4.69, 9.17) is 9.47 Å². The second-order valence-electron chi connectivity index (χ2n) is 5.85. The predicted octanol–water partition coefficient (Wildman–Crippen LogP) is 2.52. The van der Waals surface area contributed by atoms with Crippen molar-refractivity contribution in [2.45, 2.75) is 32.9 Å². The predicted molar refractivity (Wildman–Crippen MR) is 86.1 cm³/mol. The van der Waals surface area contributed by atoms with Crippen LogP contribution in [0, 0.1) is 5.92 Å². The van der Waals surface area contributed by atoms with E-state index in [0.717, 1.165) is 37.7 Å². The van der Waals surface area contributed by atoms with Gasteiger partial charge in [-0.1, -0.05) is 19.9 Å². The summed E-state index contributed by atoms with van der Waals surface area (Å²) in [5.74, 6) is 2.30. The zero-order valence-electron chi connectivity index (χ0n) is 13.7. The van der Waals surface area contributed by atoms with Crippen LogP contribution in [-0.2, 0) is 6.54 Å². The summed E-state index contributed by atoms with van der Waals surface area (Å²) in [6.07, 6.45) is 1.22. The van der Waals surface area contributed by atoms with Gasteiger partial charge in [0.05, 0.1) is 14.2 Å². The molecule has 1 aliphatic heterocycles. The van der Waals surface area contributed by atoms with E-state index in [-0.39, 0.29) is 0 Å². The van der Waals surface area contributed by atoms with Crippen molar-refractivity contribution in [3.63, 3.8) is 0 Å². The van der Waals surface area contributed by atoms with Crippen molar-refractivity contribution >= 4 is 0 Å². The van der Waals surface area contributed by atoms with Crippen LogP contribution >= 0.6 is 0 Å². The molecule has 0 saturated carbocycles. The van der Waals surface area contributed by atoms with Crippen molar-refractivity contribution in [2.24, 2.45) is 5.92 Å². The lowest BCUT2D eigenvalue weighted by molar-refractivity contribution is 0.142. The standard InChI is InChI=1S/C17H28N2O2/c1-5-18-15-8-9-19(11-13(15)2)12-14-6-7-16(20-3)17(10-14)21-4/h6-7,10,13,15,18H,5,8-9,11-12H2,1-4H3. The van der Waals surface area contributed by atoms with Crippen LogP contribution in [0.2, 0.25) is 0 Å². The van der Waals surface area contributed by atoms with Gasteiger partial charge in [-0.2, -0.15) is 0 Å². The lowest BCUT2D eigenvalue weighted by atomic mass is 9.93. The van der Waals surface area contributed by atoms with Crippen molar-refractivity contribution < 1.29 is 9.47 Å². The Labute approximate surface area is 128 Å². The number of rotatable bonds is 6. The van der Waals surface area contributed by atoms with E-state index in [9.17, 15) is 0 Å². The van der Waals surface area contributed by atoms with Crippen molar-refractivity contribution in [1.29, 1.82) is 0 Å². The van der Waals surface area contributed by atoms with Gasteiger partial charge in [0.2, 0.25) is 0 Å². The maximum absolute atomic E-state index is 5.38. The molecule has 2 atom stereocenters. The van der Waals surface area contributed by atoms with Gasteiger partial charge >= 0.3 is 0 Å². The van der Waals surface area contributed by atoms with E-state index in [1.807, 2.05) is 6.07 Å². The van der Waals surface area contributed by atoms with Gasteiger partial charge in [-0.3, -0.25) is 4.90 Å². The van der Waals surface area contributed by atoms with Crippen LogP contribution in [0.3, 0.4) is 0 Å². The molecule has 0 spiro atoms. The number of nitrogens with zero attached hydrogens (tertiary/aromatic N) is 1. The summed E-state index contributed by atoms with van der Waals surface area (Å²) >= 11 is 0. The lowest BCUT2D eigenvalue weighted by Crippen LogP contribution is -2.47. The van der Waals surface area contributed by atoms with Crippen LogP contribution in [-0.4, -0.2) is 44.8 Å². The zero-order chi connectivity index (χ0) is 15.2. The highest BCUT2D eigenvalue weighted by Gasteiger charge is 2.25.